The lowest BCUT2D eigenvalue weighted by molar-refractivity contribution is -0.128. The third-order valence-corrected chi connectivity index (χ3v) is 5.73. The minimum Gasteiger partial charge on any atom is -0.391 e. The average molecular weight is 312 g/mol. The first-order chi connectivity index (χ1) is 9.87. The van der Waals surface area contributed by atoms with Crippen molar-refractivity contribution in [2.45, 2.75) is 77.0 Å². The molecule has 2 fully saturated rings. The van der Waals surface area contributed by atoms with Crippen LogP contribution < -0.4 is 11.1 Å². The molecule has 0 aromatic carbocycles. The van der Waals surface area contributed by atoms with Crippen LogP contribution in [0.5, 0.6) is 0 Å². The third-order valence-electron chi connectivity index (χ3n) is 5.34. The standard InChI is InChI=1S/C16H28N2O2S/c1-10-11(2)20-12(3)13(10)14(19)18-16(15(17)21)8-6-4-5-7-9-16/h10-13H,4-9H2,1-3H3,(H2,17,21)(H,18,19). The molecule has 1 saturated heterocycles. The fourth-order valence-electron chi connectivity index (χ4n) is 3.80. The Morgan fingerprint density at radius 3 is 2.14 bits per heavy atom. The summed E-state index contributed by atoms with van der Waals surface area (Å²) >= 11 is 5.29. The van der Waals surface area contributed by atoms with Gasteiger partial charge in [-0.05, 0) is 32.6 Å². The zero-order valence-corrected chi connectivity index (χ0v) is 14.2. The van der Waals surface area contributed by atoms with Gasteiger partial charge in [0.05, 0.1) is 28.7 Å². The molecule has 1 amide bonds. The molecule has 1 saturated carbocycles. The first-order valence-electron chi connectivity index (χ1n) is 8.15. The number of carbonyl (C=O) groups is 1. The molecule has 21 heavy (non-hydrogen) atoms. The Balaban J connectivity index is 2.13. The topological polar surface area (TPSA) is 64.3 Å². The zero-order valence-electron chi connectivity index (χ0n) is 13.4. The largest absolute Gasteiger partial charge is 0.391 e. The van der Waals surface area contributed by atoms with Gasteiger partial charge >= 0.3 is 0 Å². The van der Waals surface area contributed by atoms with Crippen LogP contribution >= 0.6 is 12.2 Å². The highest BCUT2D eigenvalue weighted by Gasteiger charge is 2.45. The molecule has 1 aliphatic carbocycles. The van der Waals surface area contributed by atoms with Crippen LogP contribution in [0.25, 0.3) is 0 Å². The number of hydrogen-bond acceptors (Lipinski definition) is 3. The summed E-state index contributed by atoms with van der Waals surface area (Å²) in [5.74, 6) is 0.151. The number of thiocarbonyl (C=S) groups is 1. The van der Waals surface area contributed by atoms with Crippen LogP contribution in [0.2, 0.25) is 0 Å². The van der Waals surface area contributed by atoms with Crippen LogP contribution in [0.3, 0.4) is 0 Å². The Morgan fingerprint density at radius 2 is 1.71 bits per heavy atom. The van der Waals surface area contributed by atoms with Gasteiger partial charge in [0.25, 0.3) is 0 Å². The van der Waals surface area contributed by atoms with Crippen molar-refractivity contribution in [3.63, 3.8) is 0 Å². The number of nitrogens with one attached hydrogen (secondary N) is 1. The second-order valence-electron chi connectivity index (χ2n) is 6.78. The summed E-state index contributed by atoms with van der Waals surface area (Å²) < 4.78 is 5.79. The molecule has 4 atom stereocenters. The Kier molecular flexibility index (Phi) is 5.25. The molecule has 1 aliphatic heterocycles. The van der Waals surface area contributed by atoms with Gasteiger partial charge in [-0.3, -0.25) is 4.79 Å². The fraction of sp³-hybridized carbons (Fsp3) is 0.875. The van der Waals surface area contributed by atoms with Gasteiger partial charge in [0.2, 0.25) is 5.91 Å². The van der Waals surface area contributed by atoms with Crippen LogP contribution in [0.15, 0.2) is 0 Å². The van der Waals surface area contributed by atoms with Crippen molar-refractivity contribution in [3.05, 3.63) is 0 Å². The van der Waals surface area contributed by atoms with Crippen molar-refractivity contribution in [1.82, 2.24) is 5.32 Å². The lowest BCUT2D eigenvalue weighted by atomic mass is 9.85. The quantitative estimate of drug-likeness (QED) is 0.621. The van der Waals surface area contributed by atoms with Gasteiger partial charge in [-0.15, -0.1) is 0 Å². The average Bonchev–Trinajstić information content (AvgIpc) is 2.59. The molecule has 0 bridgehead atoms. The van der Waals surface area contributed by atoms with E-state index in [-0.39, 0.29) is 30.0 Å². The van der Waals surface area contributed by atoms with E-state index in [0.29, 0.717) is 4.99 Å². The van der Waals surface area contributed by atoms with Crippen LogP contribution in [-0.2, 0) is 9.53 Å². The summed E-state index contributed by atoms with van der Waals surface area (Å²) in [5, 5.41) is 3.21. The van der Waals surface area contributed by atoms with E-state index in [0.717, 1.165) is 25.7 Å². The minimum absolute atomic E-state index is 0.0500. The third kappa shape index (κ3) is 3.39. The first-order valence-corrected chi connectivity index (χ1v) is 8.55. The van der Waals surface area contributed by atoms with E-state index in [1.54, 1.807) is 0 Å². The van der Waals surface area contributed by atoms with E-state index >= 15 is 0 Å². The Morgan fingerprint density at radius 1 is 1.14 bits per heavy atom. The number of hydrogen-bond donors (Lipinski definition) is 2. The second-order valence-corrected chi connectivity index (χ2v) is 7.22. The highest BCUT2D eigenvalue weighted by Crippen LogP contribution is 2.34. The molecule has 0 spiro atoms. The molecule has 3 N–H and O–H groups in total. The molecule has 4 nitrogen and oxygen atoms in total. The van der Waals surface area contributed by atoms with Gasteiger partial charge in [-0.2, -0.15) is 0 Å². The second kappa shape index (κ2) is 6.61. The van der Waals surface area contributed by atoms with E-state index in [1.807, 2.05) is 13.8 Å². The molecule has 0 aromatic rings. The number of nitrogens with two attached hydrogens (primary N) is 1. The maximum Gasteiger partial charge on any atom is 0.226 e. The molecule has 4 unspecified atom stereocenters. The Hall–Kier alpha value is -0.680. The molecule has 2 aliphatic rings. The van der Waals surface area contributed by atoms with Crippen LogP contribution in [0, 0.1) is 11.8 Å². The van der Waals surface area contributed by atoms with Crippen molar-refractivity contribution in [3.8, 4) is 0 Å². The van der Waals surface area contributed by atoms with Crippen LogP contribution in [-0.4, -0.2) is 28.6 Å². The minimum atomic E-state index is -0.492. The SMILES string of the molecule is CC1OC(C)C(C(=O)NC2(C(N)=S)CCCCCC2)C1C. The molecule has 2 rings (SSSR count). The summed E-state index contributed by atoms with van der Waals surface area (Å²) in [6, 6.07) is 0. The van der Waals surface area contributed by atoms with Crippen molar-refractivity contribution in [2.24, 2.45) is 17.6 Å². The van der Waals surface area contributed by atoms with E-state index in [1.165, 1.54) is 12.8 Å². The number of rotatable bonds is 3. The van der Waals surface area contributed by atoms with Crippen molar-refractivity contribution in [1.29, 1.82) is 0 Å². The number of amides is 1. The highest BCUT2D eigenvalue weighted by molar-refractivity contribution is 7.80. The zero-order chi connectivity index (χ0) is 15.6. The number of ether oxygens (including phenoxy) is 1. The van der Waals surface area contributed by atoms with Crippen molar-refractivity contribution >= 4 is 23.1 Å². The normalized spacial score (nSPS) is 36.0. The number of carbonyl (C=O) groups excluding carboxylic acids is 1. The molecule has 1 heterocycles. The Bertz CT molecular complexity index is 405. The van der Waals surface area contributed by atoms with E-state index in [9.17, 15) is 4.79 Å². The molecule has 5 heteroatoms. The molecule has 0 aromatic heterocycles. The van der Waals surface area contributed by atoms with E-state index < -0.39 is 5.54 Å². The summed E-state index contributed by atoms with van der Waals surface area (Å²) in [7, 11) is 0. The van der Waals surface area contributed by atoms with Crippen LogP contribution in [0.4, 0.5) is 0 Å². The Labute approximate surface area is 133 Å². The van der Waals surface area contributed by atoms with E-state index in [4.69, 9.17) is 22.7 Å². The van der Waals surface area contributed by atoms with Gasteiger partial charge in [0, 0.05) is 0 Å². The summed E-state index contributed by atoms with van der Waals surface area (Å²) in [5.41, 5.74) is 5.51. The van der Waals surface area contributed by atoms with Gasteiger partial charge in [-0.25, -0.2) is 0 Å². The molecule has 120 valence electrons. The predicted octanol–water partition coefficient (Wildman–Crippen LogP) is 2.54. The molecule has 0 radical (unpaired) electrons. The van der Waals surface area contributed by atoms with Crippen molar-refractivity contribution in [2.75, 3.05) is 0 Å². The lowest BCUT2D eigenvalue weighted by Gasteiger charge is -2.34. The summed E-state index contributed by atoms with van der Waals surface area (Å²) in [4.78, 5) is 13.2. The summed E-state index contributed by atoms with van der Waals surface area (Å²) in [6.45, 7) is 6.09. The van der Waals surface area contributed by atoms with Crippen LogP contribution in [0.1, 0.15) is 59.3 Å². The maximum absolute atomic E-state index is 12.8. The van der Waals surface area contributed by atoms with Gasteiger partial charge in [0.1, 0.15) is 0 Å². The monoisotopic (exact) mass is 312 g/mol. The first kappa shape index (κ1) is 16.7. The fourth-order valence-corrected chi connectivity index (χ4v) is 4.06. The van der Waals surface area contributed by atoms with Gasteiger partial charge in [-0.1, -0.05) is 44.8 Å². The van der Waals surface area contributed by atoms with Gasteiger partial charge in [0.15, 0.2) is 0 Å². The highest BCUT2D eigenvalue weighted by atomic mass is 32.1. The maximum atomic E-state index is 12.8. The smallest absolute Gasteiger partial charge is 0.226 e. The van der Waals surface area contributed by atoms with Gasteiger partial charge < -0.3 is 15.8 Å². The lowest BCUT2D eigenvalue weighted by Crippen LogP contribution is -2.58. The predicted molar refractivity (Wildman–Crippen MR) is 88.0 cm³/mol. The molecular formula is C16H28N2O2S. The summed E-state index contributed by atoms with van der Waals surface area (Å²) in [6.07, 6.45) is 6.31. The van der Waals surface area contributed by atoms with Crippen molar-refractivity contribution < 1.29 is 9.53 Å². The molecular weight excluding hydrogens is 284 g/mol. The van der Waals surface area contributed by atoms with E-state index in [2.05, 4.69) is 12.2 Å².